The zero-order chi connectivity index (χ0) is 16.7. The maximum absolute atomic E-state index is 11.5. The van der Waals surface area contributed by atoms with E-state index in [0.29, 0.717) is 22.9 Å². The number of anilines is 1. The summed E-state index contributed by atoms with van der Waals surface area (Å²) >= 11 is 0. The Morgan fingerprint density at radius 1 is 1.32 bits per heavy atom. The molecule has 0 unspecified atom stereocenters. The number of fused-ring (bicyclic) bond motifs is 1. The van der Waals surface area contributed by atoms with Gasteiger partial charge in [-0.05, 0) is 35.9 Å². The Bertz CT molecular complexity index is 889. The number of phenols is 1. The molecule has 0 heterocycles. The van der Waals surface area contributed by atoms with Gasteiger partial charge in [0.15, 0.2) is 5.75 Å². The first-order chi connectivity index (χ1) is 10.2. The van der Waals surface area contributed by atoms with Crippen molar-refractivity contribution in [3.8, 4) is 5.75 Å². The van der Waals surface area contributed by atoms with Crippen LogP contribution in [-0.4, -0.2) is 25.1 Å². The van der Waals surface area contributed by atoms with Gasteiger partial charge >= 0.3 is 0 Å². The van der Waals surface area contributed by atoms with Crippen LogP contribution in [0.2, 0.25) is 0 Å². The average Bonchev–Trinajstić information content (AvgIpc) is 2.40. The fourth-order valence-corrected chi connectivity index (χ4v) is 3.25. The van der Waals surface area contributed by atoms with Crippen LogP contribution in [0.1, 0.15) is 18.1 Å². The van der Waals surface area contributed by atoms with E-state index < -0.39 is 20.8 Å². The summed E-state index contributed by atoms with van der Waals surface area (Å²) in [4.78, 5) is -0.508. The lowest BCUT2D eigenvalue weighted by Gasteiger charge is -2.15. The first-order valence-corrected chi connectivity index (χ1v) is 8.01. The van der Waals surface area contributed by atoms with E-state index in [2.05, 4.69) is 10.2 Å². The maximum Gasteiger partial charge on any atom is 0.296 e. The van der Waals surface area contributed by atoms with Crippen LogP contribution in [0, 0.1) is 6.92 Å². The SMILES string of the molecule is CCc1c(C)cc2cc(S(=O)(=O)O)c(N=NC)c(O)c2c1N. The summed E-state index contributed by atoms with van der Waals surface area (Å²) in [5.41, 5.74) is 7.89. The summed E-state index contributed by atoms with van der Waals surface area (Å²) in [6, 6.07) is 2.95. The molecule has 0 saturated carbocycles. The molecule has 0 atom stereocenters. The molecule has 8 heteroatoms. The lowest BCUT2D eigenvalue weighted by atomic mass is 9.96. The third kappa shape index (κ3) is 2.51. The van der Waals surface area contributed by atoms with Crippen LogP contribution in [0.4, 0.5) is 11.4 Å². The number of azo groups is 1. The summed E-state index contributed by atoms with van der Waals surface area (Å²) in [7, 11) is -3.24. The van der Waals surface area contributed by atoms with Gasteiger partial charge in [-0.3, -0.25) is 4.55 Å². The van der Waals surface area contributed by atoms with E-state index in [9.17, 15) is 18.1 Å². The zero-order valence-electron chi connectivity index (χ0n) is 12.5. The van der Waals surface area contributed by atoms with E-state index in [1.54, 1.807) is 6.07 Å². The van der Waals surface area contributed by atoms with Crippen molar-refractivity contribution >= 4 is 32.3 Å². The van der Waals surface area contributed by atoms with E-state index in [1.807, 2.05) is 13.8 Å². The molecule has 2 rings (SSSR count). The normalized spacial score (nSPS) is 12.4. The molecule has 0 bridgehead atoms. The second-order valence-electron chi connectivity index (χ2n) is 4.88. The lowest BCUT2D eigenvalue weighted by molar-refractivity contribution is 0.472. The molecule has 118 valence electrons. The number of rotatable bonds is 3. The largest absolute Gasteiger partial charge is 0.505 e. The van der Waals surface area contributed by atoms with E-state index in [-0.39, 0.29) is 5.69 Å². The summed E-state index contributed by atoms with van der Waals surface area (Å²) in [6.07, 6.45) is 0.664. The number of aromatic hydroxyl groups is 1. The van der Waals surface area contributed by atoms with Gasteiger partial charge in [-0.15, -0.1) is 0 Å². The molecule has 2 aromatic carbocycles. The summed E-state index contributed by atoms with van der Waals surface area (Å²) in [5.74, 6) is -0.414. The van der Waals surface area contributed by atoms with Crippen LogP contribution in [0.5, 0.6) is 5.75 Å². The number of nitrogens with zero attached hydrogens (tertiary/aromatic N) is 2. The molecule has 4 N–H and O–H groups in total. The molecule has 7 nitrogen and oxygen atoms in total. The lowest BCUT2D eigenvalue weighted by Crippen LogP contribution is -2.02. The Morgan fingerprint density at radius 2 is 1.95 bits per heavy atom. The topological polar surface area (TPSA) is 125 Å². The number of hydrogen-bond donors (Lipinski definition) is 3. The van der Waals surface area contributed by atoms with Crippen molar-refractivity contribution in [1.29, 1.82) is 0 Å². The van der Waals surface area contributed by atoms with Gasteiger partial charge in [-0.1, -0.05) is 13.0 Å². The smallest absolute Gasteiger partial charge is 0.296 e. The van der Waals surface area contributed by atoms with Gasteiger partial charge < -0.3 is 10.8 Å². The van der Waals surface area contributed by atoms with Gasteiger partial charge in [-0.25, -0.2) is 0 Å². The number of benzene rings is 2. The molecular weight excluding hydrogens is 306 g/mol. The molecule has 0 aliphatic carbocycles. The quantitative estimate of drug-likeness (QED) is 0.455. The van der Waals surface area contributed by atoms with Crippen LogP contribution < -0.4 is 5.73 Å². The van der Waals surface area contributed by atoms with Crippen molar-refractivity contribution in [2.45, 2.75) is 25.2 Å². The van der Waals surface area contributed by atoms with E-state index in [0.717, 1.165) is 11.1 Å². The highest BCUT2D eigenvalue weighted by molar-refractivity contribution is 7.86. The Labute approximate surface area is 128 Å². The first-order valence-electron chi connectivity index (χ1n) is 6.57. The minimum absolute atomic E-state index is 0.303. The van der Waals surface area contributed by atoms with E-state index in [1.165, 1.54) is 13.1 Å². The first kappa shape index (κ1) is 16.2. The number of phenolic OH excluding ortho intramolecular Hbond substituents is 1. The van der Waals surface area contributed by atoms with Crippen molar-refractivity contribution in [3.05, 3.63) is 23.3 Å². The maximum atomic E-state index is 11.5. The van der Waals surface area contributed by atoms with Crippen LogP contribution in [-0.2, 0) is 16.5 Å². The second-order valence-corrected chi connectivity index (χ2v) is 6.27. The molecule has 0 aliphatic heterocycles. The molecule has 0 aromatic heterocycles. The van der Waals surface area contributed by atoms with Crippen LogP contribution in [0.25, 0.3) is 10.8 Å². The number of nitrogen functional groups attached to an aromatic ring is 1. The molecule has 0 spiro atoms. The highest BCUT2D eigenvalue weighted by atomic mass is 32.2. The van der Waals surface area contributed by atoms with Crippen molar-refractivity contribution in [2.24, 2.45) is 10.2 Å². The number of hydrogen-bond acceptors (Lipinski definition) is 6. The molecule has 2 aromatic rings. The zero-order valence-corrected chi connectivity index (χ0v) is 13.3. The molecule has 0 amide bonds. The summed E-state index contributed by atoms with van der Waals surface area (Å²) in [6.45, 7) is 3.78. The molecular formula is C14H17N3O4S. The Kier molecular flexibility index (Phi) is 4.08. The van der Waals surface area contributed by atoms with Crippen molar-refractivity contribution in [1.82, 2.24) is 0 Å². The molecule has 22 heavy (non-hydrogen) atoms. The number of nitrogens with two attached hydrogens (primary N) is 1. The highest BCUT2D eigenvalue weighted by Crippen LogP contribution is 2.44. The second kappa shape index (κ2) is 5.54. The fraction of sp³-hybridized carbons (Fsp3) is 0.286. The average molecular weight is 323 g/mol. The standard InChI is InChI=1S/C14H17N3O4S/c1-4-9-7(2)5-8-6-10(22(19,20)21)13(17-16-3)14(18)11(8)12(9)15/h5-6,18H,4,15H2,1-3H3,(H,19,20,21). The summed E-state index contributed by atoms with van der Waals surface area (Å²) in [5, 5.41) is 18.2. The van der Waals surface area contributed by atoms with Crippen molar-refractivity contribution in [2.75, 3.05) is 12.8 Å². The van der Waals surface area contributed by atoms with Gasteiger partial charge in [0.1, 0.15) is 10.6 Å². The minimum Gasteiger partial charge on any atom is -0.505 e. The van der Waals surface area contributed by atoms with Crippen LogP contribution >= 0.6 is 0 Å². The van der Waals surface area contributed by atoms with Gasteiger partial charge in [0.05, 0.1) is 0 Å². The van der Waals surface area contributed by atoms with Crippen molar-refractivity contribution < 1.29 is 18.1 Å². The number of aryl methyl sites for hydroxylation is 1. The van der Waals surface area contributed by atoms with E-state index >= 15 is 0 Å². The highest BCUT2D eigenvalue weighted by Gasteiger charge is 2.24. The third-order valence-electron chi connectivity index (χ3n) is 3.54. The van der Waals surface area contributed by atoms with Gasteiger partial charge in [0.2, 0.25) is 0 Å². The molecule has 0 aliphatic rings. The Morgan fingerprint density at radius 3 is 2.45 bits per heavy atom. The Balaban J connectivity index is 3.07. The predicted molar refractivity (Wildman–Crippen MR) is 84.4 cm³/mol. The summed E-state index contributed by atoms with van der Waals surface area (Å²) < 4.78 is 32.4. The van der Waals surface area contributed by atoms with Crippen molar-refractivity contribution in [3.63, 3.8) is 0 Å². The van der Waals surface area contributed by atoms with Gasteiger partial charge in [0.25, 0.3) is 10.1 Å². The van der Waals surface area contributed by atoms with Crippen LogP contribution in [0.15, 0.2) is 27.3 Å². The molecule has 0 fully saturated rings. The fourth-order valence-electron chi connectivity index (χ4n) is 2.60. The van der Waals surface area contributed by atoms with Crippen LogP contribution in [0.3, 0.4) is 0 Å². The third-order valence-corrected chi connectivity index (χ3v) is 4.41. The molecule has 0 saturated heterocycles. The minimum atomic E-state index is -4.57. The van der Waals surface area contributed by atoms with Gasteiger partial charge in [-0.2, -0.15) is 18.6 Å². The molecule has 0 radical (unpaired) electrons. The Hall–Kier alpha value is -2.19. The van der Waals surface area contributed by atoms with E-state index in [4.69, 9.17) is 5.73 Å². The monoisotopic (exact) mass is 323 g/mol. The predicted octanol–water partition coefficient (Wildman–Crippen LogP) is 2.96. The van der Waals surface area contributed by atoms with Gasteiger partial charge in [0, 0.05) is 18.1 Å².